The summed E-state index contributed by atoms with van der Waals surface area (Å²) in [5, 5.41) is 15.5. The van der Waals surface area contributed by atoms with Gasteiger partial charge in [-0.3, -0.25) is 0 Å². The Labute approximate surface area is 107 Å². The molecule has 3 heteroatoms. The standard InChI is InChI=1S/C14H21NOS/c16-12-6-3-10(8-12)9-15-14(11-4-5-11)13-2-1-7-17-13/h1-2,7,10-12,14-16H,3-6,8-9H2. The molecule has 0 saturated heterocycles. The molecule has 0 spiro atoms. The van der Waals surface area contributed by atoms with E-state index in [2.05, 4.69) is 22.8 Å². The number of hydrogen-bond acceptors (Lipinski definition) is 3. The van der Waals surface area contributed by atoms with Crippen LogP contribution in [0, 0.1) is 11.8 Å². The van der Waals surface area contributed by atoms with Crippen LogP contribution in [0.1, 0.15) is 43.0 Å². The normalized spacial score (nSPS) is 30.6. The number of hydrogen-bond donors (Lipinski definition) is 2. The van der Waals surface area contributed by atoms with E-state index in [0.29, 0.717) is 12.0 Å². The fraction of sp³-hybridized carbons (Fsp3) is 0.714. The molecule has 0 aliphatic heterocycles. The first kappa shape index (κ1) is 11.7. The van der Waals surface area contributed by atoms with Crippen LogP contribution in [0.15, 0.2) is 17.5 Å². The van der Waals surface area contributed by atoms with Crippen molar-refractivity contribution in [1.82, 2.24) is 5.32 Å². The van der Waals surface area contributed by atoms with Crippen molar-refractivity contribution < 1.29 is 5.11 Å². The highest BCUT2D eigenvalue weighted by atomic mass is 32.1. The van der Waals surface area contributed by atoms with E-state index in [1.54, 1.807) is 0 Å². The van der Waals surface area contributed by atoms with Crippen molar-refractivity contribution in [1.29, 1.82) is 0 Å². The van der Waals surface area contributed by atoms with Crippen LogP contribution in [0.25, 0.3) is 0 Å². The van der Waals surface area contributed by atoms with Crippen molar-refractivity contribution in [3.8, 4) is 0 Å². The van der Waals surface area contributed by atoms with Gasteiger partial charge < -0.3 is 10.4 Å². The lowest BCUT2D eigenvalue weighted by atomic mass is 10.1. The molecule has 2 saturated carbocycles. The summed E-state index contributed by atoms with van der Waals surface area (Å²) in [5.41, 5.74) is 0. The minimum Gasteiger partial charge on any atom is -0.393 e. The van der Waals surface area contributed by atoms with Crippen LogP contribution >= 0.6 is 11.3 Å². The second-order valence-corrected chi connectivity index (χ2v) is 6.55. The Morgan fingerprint density at radius 3 is 2.82 bits per heavy atom. The van der Waals surface area contributed by atoms with Crippen molar-refractivity contribution >= 4 is 11.3 Å². The molecule has 0 radical (unpaired) electrons. The van der Waals surface area contributed by atoms with Gasteiger partial charge >= 0.3 is 0 Å². The molecule has 3 rings (SSSR count). The molecule has 94 valence electrons. The molecular weight excluding hydrogens is 230 g/mol. The molecule has 0 amide bonds. The van der Waals surface area contributed by atoms with Gasteiger partial charge in [0.2, 0.25) is 0 Å². The summed E-state index contributed by atoms with van der Waals surface area (Å²) >= 11 is 1.87. The number of aliphatic hydroxyl groups is 1. The number of aliphatic hydroxyl groups excluding tert-OH is 1. The van der Waals surface area contributed by atoms with Crippen LogP contribution in [-0.2, 0) is 0 Å². The third kappa shape index (κ3) is 2.90. The molecular formula is C14H21NOS. The maximum absolute atomic E-state index is 9.54. The van der Waals surface area contributed by atoms with Gasteiger partial charge in [0.1, 0.15) is 0 Å². The Kier molecular flexibility index (Phi) is 3.50. The summed E-state index contributed by atoms with van der Waals surface area (Å²) in [5.74, 6) is 1.55. The maximum atomic E-state index is 9.54. The average Bonchev–Trinajstić information content (AvgIpc) is 2.85. The third-order valence-corrected chi connectivity index (χ3v) is 5.04. The number of rotatable bonds is 5. The molecule has 1 aromatic rings. The van der Waals surface area contributed by atoms with E-state index in [0.717, 1.165) is 25.3 Å². The largest absolute Gasteiger partial charge is 0.393 e. The van der Waals surface area contributed by atoms with Crippen LogP contribution in [0.3, 0.4) is 0 Å². The Balaban J connectivity index is 1.54. The first-order valence-electron chi connectivity index (χ1n) is 6.78. The smallest absolute Gasteiger partial charge is 0.0543 e. The average molecular weight is 251 g/mol. The second-order valence-electron chi connectivity index (χ2n) is 5.57. The quantitative estimate of drug-likeness (QED) is 0.843. The second kappa shape index (κ2) is 5.09. The van der Waals surface area contributed by atoms with E-state index in [1.165, 1.54) is 24.1 Å². The molecule has 0 aromatic carbocycles. The predicted octanol–water partition coefficient (Wildman–Crippen LogP) is 2.95. The monoisotopic (exact) mass is 251 g/mol. The topological polar surface area (TPSA) is 32.3 Å². The van der Waals surface area contributed by atoms with Crippen molar-refractivity contribution in [3.63, 3.8) is 0 Å². The van der Waals surface area contributed by atoms with E-state index in [1.807, 2.05) is 11.3 Å². The fourth-order valence-electron chi connectivity index (χ4n) is 2.92. The van der Waals surface area contributed by atoms with Crippen molar-refractivity contribution in [2.24, 2.45) is 11.8 Å². The molecule has 0 bridgehead atoms. The van der Waals surface area contributed by atoms with Gasteiger partial charge in [0.15, 0.2) is 0 Å². The van der Waals surface area contributed by atoms with E-state index >= 15 is 0 Å². The summed E-state index contributed by atoms with van der Waals surface area (Å²) in [7, 11) is 0. The van der Waals surface area contributed by atoms with E-state index in [4.69, 9.17) is 0 Å². The summed E-state index contributed by atoms with van der Waals surface area (Å²) < 4.78 is 0. The van der Waals surface area contributed by atoms with Crippen LogP contribution in [0.4, 0.5) is 0 Å². The highest BCUT2D eigenvalue weighted by molar-refractivity contribution is 7.10. The van der Waals surface area contributed by atoms with Crippen LogP contribution in [0.2, 0.25) is 0 Å². The summed E-state index contributed by atoms with van der Waals surface area (Å²) in [6.07, 6.45) is 5.90. The van der Waals surface area contributed by atoms with Crippen LogP contribution in [0.5, 0.6) is 0 Å². The molecule has 2 nitrogen and oxygen atoms in total. The Morgan fingerprint density at radius 2 is 2.24 bits per heavy atom. The lowest BCUT2D eigenvalue weighted by Crippen LogP contribution is -2.27. The SMILES string of the molecule is OC1CCC(CNC(c2cccs2)C2CC2)C1. The Bertz CT molecular complexity index is 347. The fourth-order valence-corrected chi connectivity index (χ4v) is 3.82. The molecule has 2 fully saturated rings. The van der Waals surface area contributed by atoms with Gasteiger partial charge in [0, 0.05) is 10.9 Å². The minimum absolute atomic E-state index is 0.0390. The molecule has 1 aromatic heterocycles. The van der Waals surface area contributed by atoms with E-state index < -0.39 is 0 Å². The number of nitrogens with one attached hydrogen (secondary N) is 1. The lowest BCUT2D eigenvalue weighted by Gasteiger charge is -2.19. The molecule has 2 aliphatic rings. The van der Waals surface area contributed by atoms with Crippen LogP contribution < -0.4 is 5.32 Å². The molecule has 2 aliphatic carbocycles. The zero-order valence-electron chi connectivity index (χ0n) is 10.1. The maximum Gasteiger partial charge on any atom is 0.0543 e. The van der Waals surface area contributed by atoms with E-state index in [-0.39, 0.29) is 6.10 Å². The van der Waals surface area contributed by atoms with Gasteiger partial charge in [-0.1, -0.05) is 6.07 Å². The highest BCUT2D eigenvalue weighted by Gasteiger charge is 2.33. The van der Waals surface area contributed by atoms with Crippen molar-refractivity contribution in [3.05, 3.63) is 22.4 Å². The van der Waals surface area contributed by atoms with Gasteiger partial charge in [-0.25, -0.2) is 0 Å². The molecule has 3 atom stereocenters. The first-order valence-corrected chi connectivity index (χ1v) is 7.65. The Morgan fingerprint density at radius 1 is 1.35 bits per heavy atom. The summed E-state index contributed by atoms with van der Waals surface area (Å²) in [4.78, 5) is 1.49. The third-order valence-electron chi connectivity index (χ3n) is 4.08. The Hall–Kier alpha value is -0.380. The van der Waals surface area contributed by atoms with Gasteiger partial charge in [0.25, 0.3) is 0 Å². The predicted molar refractivity (Wildman–Crippen MR) is 71.1 cm³/mol. The minimum atomic E-state index is -0.0390. The van der Waals surface area contributed by atoms with Crippen molar-refractivity contribution in [2.75, 3.05) is 6.54 Å². The lowest BCUT2D eigenvalue weighted by molar-refractivity contribution is 0.177. The molecule has 2 N–H and O–H groups in total. The summed E-state index contributed by atoms with van der Waals surface area (Å²) in [6.45, 7) is 1.08. The zero-order chi connectivity index (χ0) is 11.7. The highest BCUT2D eigenvalue weighted by Crippen LogP contribution is 2.42. The van der Waals surface area contributed by atoms with Gasteiger partial charge in [-0.05, 0) is 61.9 Å². The van der Waals surface area contributed by atoms with E-state index in [9.17, 15) is 5.11 Å². The number of thiophene rings is 1. The van der Waals surface area contributed by atoms with Gasteiger partial charge in [-0.2, -0.15) is 0 Å². The summed E-state index contributed by atoms with van der Waals surface area (Å²) in [6, 6.07) is 4.98. The van der Waals surface area contributed by atoms with Gasteiger partial charge in [-0.15, -0.1) is 11.3 Å². The zero-order valence-corrected chi connectivity index (χ0v) is 11.0. The van der Waals surface area contributed by atoms with Crippen LogP contribution in [-0.4, -0.2) is 17.8 Å². The molecule has 17 heavy (non-hydrogen) atoms. The first-order chi connectivity index (χ1) is 8.33. The van der Waals surface area contributed by atoms with Gasteiger partial charge in [0.05, 0.1) is 6.10 Å². The molecule has 3 unspecified atom stereocenters. The van der Waals surface area contributed by atoms with Crippen molar-refractivity contribution in [2.45, 2.75) is 44.2 Å². The molecule has 1 heterocycles.